The minimum absolute atomic E-state index is 0.229. The smallest absolute Gasteiger partial charge is 0.0631 e. The highest BCUT2D eigenvalue weighted by molar-refractivity contribution is 5.99. The number of hydrogen-bond acceptors (Lipinski definition) is 2. The molecule has 0 fully saturated rings. The van der Waals surface area contributed by atoms with Gasteiger partial charge in [0.25, 0.3) is 0 Å². The molecule has 2 nitrogen and oxygen atoms in total. The summed E-state index contributed by atoms with van der Waals surface area (Å²) in [5, 5.41) is 2.46. The Bertz CT molecular complexity index is 2460. The van der Waals surface area contributed by atoms with Crippen LogP contribution in [0, 0.1) is 0 Å². The van der Waals surface area contributed by atoms with Gasteiger partial charge in [-0.05, 0) is 99.8 Å². The second-order valence-corrected chi connectivity index (χ2v) is 13.3. The molecule has 0 spiro atoms. The van der Waals surface area contributed by atoms with Crippen molar-refractivity contribution in [2.45, 2.75) is 12.5 Å². The van der Waals surface area contributed by atoms with E-state index in [-0.39, 0.29) is 6.04 Å². The highest BCUT2D eigenvalue weighted by Crippen LogP contribution is 2.42. The summed E-state index contributed by atoms with van der Waals surface area (Å²) in [4.78, 5) is 4.83. The second kappa shape index (κ2) is 13.9. The van der Waals surface area contributed by atoms with E-state index in [1.807, 2.05) is 0 Å². The molecule has 1 aliphatic rings. The third kappa shape index (κ3) is 6.05. The van der Waals surface area contributed by atoms with Crippen molar-refractivity contribution in [1.29, 1.82) is 0 Å². The molecule has 0 bridgehead atoms. The van der Waals surface area contributed by atoms with E-state index in [9.17, 15) is 0 Å². The predicted molar refractivity (Wildman–Crippen MR) is 221 cm³/mol. The Morgan fingerprint density at radius 3 is 1.54 bits per heavy atom. The summed E-state index contributed by atoms with van der Waals surface area (Å²) in [5.74, 6) is 0. The van der Waals surface area contributed by atoms with E-state index in [1.54, 1.807) is 0 Å². The maximum atomic E-state index is 2.48. The van der Waals surface area contributed by atoms with Gasteiger partial charge in [0.15, 0.2) is 0 Å². The Morgan fingerprint density at radius 1 is 0.385 bits per heavy atom. The lowest BCUT2D eigenvalue weighted by Gasteiger charge is -2.36. The van der Waals surface area contributed by atoms with Gasteiger partial charge in [0, 0.05) is 28.1 Å². The maximum Gasteiger partial charge on any atom is 0.0631 e. The first kappa shape index (κ1) is 31.3. The fourth-order valence-electron chi connectivity index (χ4n) is 7.64. The molecule has 0 saturated heterocycles. The molecule has 1 aliphatic carbocycles. The third-order valence-electron chi connectivity index (χ3n) is 10.2. The van der Waals surface area contributed by atoms with E-state index in [2.05, 4.69) is 222 Å². The van der Waals surface area contributed by atoms with Gasteiger partial charge >= 0.3 is 0 Å². The van der Waals surface area contributed by atoms with Crippen LogP contribution in [0.2, 0.25) is 0 Å². The van der Waals surface area contributed by atoms with E-state index in [1.165, 1.54) is 61.2 Å². The molecule has 52 heavy (non-hydrogen) atoms. The molecule has 0 heterocycles. The lowest BCUT2D eigenvalue weighted by molar-refractivity contribution is 0.702. The van der Waals surface area contributed by atoms with Gasteiger partial charge in [-0.3, -0.25) is 0 Å². The largest absolute Gasteiger partial charge is 0.334 e. The van der Waals surface area contributed by atoms with Gasteiger partial charge in [0.2, 0.25) is 0 Å². The van der Waals surface area contributed by atoms with Crippen LogP contribution in [0.25, 0.3) is 39.1 Å². The fourth-order valence-corrected chi connectivity index (χ4v) is 7.64. The number of anilines is 5. The Morgan fingerprint density at radius 2 is 0.865 bits per heavy atom. The minimum atomic E-state index is 0.229. The zero-order chi connectivity index (χ0) is 34.7. The van der Waals surface area contributed by atoms with Crippen molar-refractivity contribution in [3.05, 3.63) is 217 Å². The summed E-state index contributed by atoms with van der Waals surface area (Å²) < 4.78 is 0. The van der Waals surface area contributed by atoms with Crippen molar-refractivity contribution in [3.8, 4) is 22.3 Å². The van der Waals surface area contributed by atoms with E-state index in [4.69, 9.17) is 0 Å². The average Bonchev–Trinajstić information content (AvgIpc) is 3.23. The van der Waals surface area contributed by atoms with Gasteiger partial charge in [-0.25, -0.2) is 0 Å². The summed E-state index contributed by atoms with van der Waals surface area (Å²) in [6.45, 7) is 0. The van der Waals surface area contributed by atoms with E-state index >= 15 is 0 Å². The van der Waals surface area contributed by atoms with Crippen molar-refractivity contribution < 1.29 is 0 Å². The summed E-state index contributed by atoms with van der Waals surface area (Å²) >= 11 is 0. The van der Waals surface area contributed by atoms with Crippen molar-refractivity contribution >= 4 is 45.3 Å². The van der Waals surface area contributed by atoms with Crippen LogP contribution in [-0.2, 0) is 0 Å². The fraction of sp³-hybridized carbons (Fsp3) is 0.0400. The molecule has 1 unspecified atom stereocenters. The highest BCUT2D eigenvalue weighted by Gasteiger charge is 2.25. The van der Waals surface area contributed by atoms with Crippen LogP contribution in [0.4, 0.5) is 28.4 Å². The number of hydrogen-bond donors (Lipinski definition) is 0. The SMILES string of the molecule is C1=Cc2ccccc2C(N(c2ccccc2)c2ccc(-c3ccc(-c4ccc(N(c5ccccc5)c5cccc6ccccc56)cc4)cc3)cc2)C1. The Hall–Kier alpha value is -6.64. The molecule has 0 N–H and O–H groups in total. The van der Waals surface area contributed by atoms with Gasteiger partial charge in [0.1, 0.15) is 0 Å². The number of nitrogens with zero attached hydrogens (tertiary/aromatic N) is 2. The van der Waals surface area contributed by atoms with Gasteiger partial charge in [-0.2, -0.15) is 0 Å². The van der Waals surface area contributed by atoms with Gasteiger partial charge in [-0.1, -0.05) is 158 Å². The molecular weight excluding hydrogens is 629 g/mol. The Labute approximate surface area is 306 Å². The zero-order valence-electron chi connectivity index (χ0n) is 28.9. The van der Waals surface area contributed by atoms with Crippen LogP contribution >= 0.6 is 0 Å². The second-order valence-electron chi connectivity index (χ2n) is 13.3. The average molecular weight is 667 g/mol. The van der Waals surface area contributed by atoms with Crippen molar-refractivity contribution in [2.75, 3.05) is 9.80 Å². The summed E-state index contributed by atoms with van der Waals surface area (Å²) in [7, 11) is 0. The molecule has 0 aromatic heterocycles. The first-order valence-electron chi connectivity index (χ1n) is 18.0. The monoisotopic (exact) mass is 666 g/mol. The van der Waals surface area contributed by atoms with Crippen molar-refractivity contribution in [2.24, 2.45) is 0 Å². The first-order chi connectivity index (χ1) is 25.8. The van der Waals surface area contributed by atoms with Gasteiger partial charge in [-0.15, -0.1) is 0 Å². The maximum absolute atomic E-state index is 2.48. The lowest BCUT2D eigenvalue weighted by atomic mass is 9.90. The Balaban J connectivity index is 0.986. The van der Waals surface area contributed by atoms with Crippen LogP contribution in [0.3, 0.4) is 0 Å². The van der Waals surface area contributed by atoms with Gasteiger partial charge in [0.05, 0.1) is 11.7 Å². The molecule has 1 atom stereocenters. The molecule has 0 amide bonds. The predicted octanol–water partition coefficient (Wildman–Crippen LogP) is 13.9. The normalized spacial score (nSPS) is 13.4. The van der Waals surface area contributed by atoms with Crippen molar-refractivity contribution in [3.63, 3.8) is 0 Å². The summed E-state index contributed by atoms with van der Waals surface area (Å²) in [6.07, 6.45) is 5.52. The molecular formula is C50H38N2. The standard InChI is InChI=1S/C50H38N2/c1-3-17-43(18-4-1)51(49-23-11-15-41-13-7-9-21-47(41)49)45-33-29-39(30-34-45)37-25-27-38(28-26-37)40-31-35-46(36-32-40)52(44-19-5-2-6-20-44)50-24-12-16-42-14-8-10-22-48(42)50/h1-23,25-36,50H,24H2. The van der Waals surface area contributed by atoms with E-state index in [0.29, 0.717) is 0 Å². The lowest BCUT2D eigenvalue weighted by Crippen LogP contribution is -2.25. The first-order valence-corrected chi connectivity index (χ1v) is 18.0. The molecule has 2 heteroatoms. The zero-order valence-corrected chi connectivity index (χ0v) is 28.9. The van der Waals surface area contributed by atoms with Crippen LogP contribution in [0.5, 0.6) is 0 Å². The van der Waals surface area contributed by atoms with Crippen LogP contribution in [0.1, 0.15) is 23.6 Å². The number of fused-ring (bicyclic) bond motifs is 2. The molecule has 9 rings (SSSR count). The topological polar surface area (TPSA) is 6.48 Å². The van der Waals surface area contributed by atoms with Crippen LogP contribution in [-0.4, -0.2) is 0 Å². The summed E-state index contributed by atoms with van der Waals surface area (Å²) in [5.41, 5.74) is 13.3. The van der Waals surface area contributed by atoms with Crippen LogP contribution < -0.4 is 9.80 Å². The molecule has 0 saturated carbocycles. The van der Waals surface area contributed by atoms with E-state index in [0.717, 1.165) is 17.8 Å². The minimum Gasteiger partial charge on any atom is -0.334 e. The molecule has 0 radical (unpaired) electrons. The number of benzene rings is 8. The third-order valence-corrected chi connectivity index (χ3v) is 10.2. The highest BCUT2D eigenvalue weighted by atomic mass is 15.2. The molecule has 0 aliphatic heterocycles. The Kier molecular flexibility index (Phi) is 8.40. The quantitative estimate of drug-likeness (QED) is 0.159. The number of rotatable bonds is 8. The summed E-state index contributed by atoms with van der Waals surface area (Å²) in [6, 6.07) is 72.4. The van der Waals surface area contributed by atoms with Gasteiger partial charge < -0.3 is 9.80 Å². The van der Waals surface area contributed by atoms with Crippen molar-refractivity contribution in [1.82, 2.24) is 0 Å². The number of para-hydroxylation sites is 2. The molecule has 8 aromatic rings. The van der Waals surface area contributed by atoms with E-state index < -0.39 is 0 Å². The molecule has 8 aromatic carbocycles. The molecule has 248 valence electrons. The van der Waals surface area contributed by atoms with Crippen LogP contribution in [0.15, 0.2) is 206 Å².